The molecule has 2 fully saturated rings. The molecular weight excluding hydrogens is 272 g/mol. The predicted octanol–water partition coefficient (Wildman–Crippen LogP) is 2.20. The Morgan fingerprint density at radius 2 is 1.67 bits per heavy atom. The first-order valence-electron chi connectivity index (χ1n) is 7.02. The number of carbonyl (C=O) groups is 1. The van der Waals surface area contributed by atoms with E-state index in [0.29, 0.717) is 22.9 Å². The van der Waals surface area contributed by atoms with Crippen LogP contribution in [0.5, 0.6) is 17.2 Å². The second kappa shape index (κ2) is 5.35. The number of hydrogen-bond acceptors (Lipinski definition) is 4. The normalized spacial score (nSPS) is 22.5. The number of amides is 2. The number of hydrogen-bond donors (Lipinski definition) is 1. The molecule has 1 saturated carbocycles. The minimum atomic E-state index is -0.0727. The Balaban J connectivity index is 1.76. The average molecular weight is 292 g/mol. The van der Waals surface area contributed by atoms with E-state index in [0.717, 1.165) is 24.9 Å². The fraction of sp³-hybridized carbons (Fsp3) is 0.533. The number of anilines is 1. The van der Waals surface area contributed by atoms with Crippen LogP contribution in [0.3, 0.4) is 0 Å². The summed E-state index contributed by atoms with van der Waals surface area (Å²) >= 11 is 0. The van der Waals surface area contributed by atoms with Gasteiger partial charge in [-0.05, 0) is 18.3 Å². The van der Waals surface area contributed by atoms with E-state index < -0.39 is 0 Å². The van der Waals surface area contributed by atoms with Gasteiger partial charge in [-0.25, -0.2) is 4.79 Å². The number of likely N-dealkylation sites (tertiary alicyclic amines) is 1. The highest BCUT2D eigenvalue weighted by Gasteiger charge is 2.46. The quantitative estimate of drug-likeness (QED) is 0.924. The van der Waals surface area contributed by atoms with Crippen molar-refractivity contribution in [2.24, 2.45) is 11.8 Å². The Bertz CT molecular complexity index is 526. The van der Waals surface area contributed by atoms with Crippen LogP contribution < -0.4 is 19.5 Å². The van der Waals surface area contributed by atoms with Gasteiger partial charge in [-0.2, -0.15) is 0 Å². The standard InChI is InChI=1S/C15H20N2O4/c1-19-12-5-11(6-13(20-2)14(12)21-3)16-15(18)17-7-9-4-10(9)8-17/h5-6,9-10H,4,7-8H2,1-3H3,(H,16,18). The smallest absolute Gasteiger partial charge is 0.321 e. The first-order chi connectivity index (χ1) is 10.2. The zero-order chi connectivity index (χ0) is 15.0. The minimum absolute atomic E-state index is 0.0727. The van der Waals surface area contributed by atoms with E-state index in [2.05, 4.69) is 5.32 Å². The molecule has 114 valence electrons. The van der Waals surface area contributed by atoms with Crippen LogP contribution in [0.25, 0.3) is 0 Å². The number of urea groups is 1. The SMILES string of the molecule is COc1cc(NC(=O)N2CC3CC3C2)cc(OC)c1OC. The summed E-state index contributed by atoms with van der Waals surface area (Å²) in [6.45, 7) is 1.72. The highest BCUT2D eigenvalue weighted by atomic mass is 16.5. The first kappa shape index (κ1) is 13.9. The highest BCUT2D eigenvalue weighted by Crippen LogP contribution is 2.45. The van der Waals surface area contributed by atoms with Gasteiger partial charge < -0.3 is 24.4 Å². The summed E-state index contributed by atoms with van der Waals surface area (Å²) in [6.07, 6.45) is 1.27. The van der Waals surface area contributed by atoms with Crippen molar-refractivity contribution in [1.82, 2.24) is 4.90 Å². The van der Waals surface area contributed by atoms with Gasteiger partial charge in [0.05, 0.1) is 27.0 Å². The molecule has 21 heavy (non-hydrogen) atoms. The number of piperidine rings is 1. The van der Waals surface area contributed by atoms with Crippen molar-refractivity contribution in [3.8, 4) is 17.2 Å². The Kier molecular flexibility index (Phi) is 3.53. The Hall–Kier alpha value is -2.11. The molecular formula is C15H20N2O4. The molecule has 2 atom stereocenters. The monoisotopic (exact) mass is 292 g/mol. The largest absolute Gasteiger partial charge is 0.493 e. The second-order valence-electron chi connectivity index (χ2n) is 5.51. The number of ether oxygens (including phenoxy) is 3. The van der Waals surface area contributed by atoms with Crippen LogP contribution in [0.2, 0.25) is 0 Å². The van der Waals surface area contributed by atoms with E-state index in [9.17, 15) is 4.79 Å². The summed E-state index contributed by atoms with van der Waals surface area (Å²) < 4.78 is 15.8. The lowest BCUT2D eigenvalue weighted by Crippen LogP contribution is -2.34. The third-order valence-electron chi connectivity index (χ3n) is 4.18. The molecule has 1 saturated heterocycles. The molecule has 1 aromatic carbocycles. The minimum Gasteiger partial charge on any atom is -0.493 e. The van der Waals surface area contributed by atoms with Crippen molar-refractivity contribution in [1.29, 1.82) is 0 Å². The van der Waals surface area contributed by atoms with Gasteiger partial charge in [-0.3, -0.25) is 0 Å². The van der Waals surface area contributed by atoms with Crippen LogP contribution in [-0.2, 0) is 0 Å². The third kappa shape index (κ3) is 2.57. The molecule has 6 heteroatoms. The molecule has 6 nitrogen and oxygen atoms in total. The third-order valence-corrected chi connectivity index (χ3v) is 4.18. The van der Waals surface area contributed by atoms with E-state index in [1.165, 1.54) is 6.42 Å². The van der Waals surface area contributed by atoms with Gasteiger partial charge in [0.1, 0.15) is 0 Å². The molecule has 2 unspecified atom stereocenters. The van der Waals surface area contributed by atoms with Crippen molar-refractivity contribution in [3.05, 3.63) is 12.1 Å². The van der Waals surface area contributed by atoms with Crippen LogP contribution in [0.15, 0.2) is 12.1 Å². The molecule has 1 heterocycles. The van der Waals surface area contributed by atoms with E-state index in [1.807, 2.05) is 4.90 Å². The summed E-state index contributed by atoms with van der Waals surface area (Å²) in [6, 6.07) is 3.39. The van der Waals surface area contributed by atoms with E-state index in [-0.39, 0.29) is 6.03 Å². The van der Waals surface area contributed by atoms with Crippen molar-refractivity contribution in [3.63, 3.8) is 0 Å². The Labute approximate surface area is 124 Å². The van der Waals surface area contributed by atoms with Crippen LogP contribution in [0, 0.1) is 11.8 Å². The molecule has 0 spiro atoms. The topological polar surface area (TPSA) is 60.0 Å². The molecule has 0 aromatic heterocycles. The zero-order valence-electron chi connectivity index (χ0n) is 12.5. The van der Waals surface area contributed by atoms with Crippen molar-refractivity contribution in [2.45, 2.75) is 6.42 Å². The molecule has 1 N–H and O–H groups in total. The summed E-state index contributed by atoms with van der Waals surface area (Å²) in [7, 11) is 4.66. The zero-order valence-corrected chi connectivity index (χ0v) is 12.5. The number of rotatable bonds is 4. The van der Waals surface area contributed by atoms with Crippen LogP contribution in [-0.4, -0.2) is 45.3 Å². The van der Waals surface area contributed by atoms with Gasteiger partial charge >= 0.3 is 6.03 Å². The lowest BCUT2D eigenvalue weighted by molar-refractivity contribution is 0.217. The van der Waals surface area contributed by atoms with E-state index in [1.54, 1.807) is 33.5 Å². The van der Waals surface area contributed by atoms with Gasteiger partial charge in [-0.15, -0.1) is 0 Å². The number of carbonyl (C=O) groups excluding carboxylic acids is 1. The van der Waals surface area contributed by atoms with Crippen molar-refractivity contribution in [2.75, 3.05) is 39.7 Å². The predicted molar refractivity (Wildman–Crippen MR) is 78.3 cm³/mol. The molecule has 1 aliphatic heterocycles. The van der Waals surface area contributed by atoms with Crippen molar-refractivity contribution < 1.29 is 19.0 Å². The summed E-state index contributed by atoms with van der Waals surface area (Å²) in [4.78, 5) is 14.1. The second-order valence-corrected chi connectivity index (χ2v) is 5.51. The summed E-state index contributed by atoms with van der Waals surface area (Å²) in [5.74, 6) is 3.00. The fourth-order valence-corrected chi connectivity index (χ4v) is 2.92. The maximum Gasteiger partial charge on any atom is 0.321 e. The van der Waals surface area contributed by atoms with Crippen LogP contribution >= 0.6 is 0 Å². The Morgan fingerprint density at radius 1 is 1.10 bits per heavy atom. The molecule has 0 bridgehead atoms. The lowest BCUT2D eigenvalue weighted by atomic mass is 10.2. The number of nitrogens with one attached hydrogen (secondary N) is 1. The number of fused-ring (bicyclic) bond motifs is 1. The van der Waals surface area contributed by atoms with E-state index >= 15 is 0 Å². The van der Waals surface area contributed by atoms with Gasteiger partial charge in [0.15, 0.2) is 11.5 Å². The Morgan fingerprint density at radius 3 is 2.14 bits per heavy atom. The summed E-state index contributed by atoms with van der Waals surface area (Å²) in [5, 5.41) is 2.90. The van der Waals surface area contributed by atoms with Crippen LogP contribution in [0.1, 0.15) is 6.42 Å². The van der Waals surface area contributed by atoms with Gasteiger partial charge in [0.25, 0.3) is 0 Å². The maximum absolute atomic E-state index is 12.2. The molecule has 2 aliphatic rings. The van der Waals surface area contributed by atoms with Gasteiger partial charge in [-0.1, -0.05) is 0 Å². The molecule has 0 radical (unpaired) electrons. The number of benzene rings is 1. The highest BCUT2D eigenvalue weighted by molar-refractivity contribution is 5.90. The molecule has 1 aliphatic carbocycles. The number of nitrogens with zero attached hydrogens (tertiary/aromatic N) is 1. The van der Waals surface area contributed by atoms with Crippen molar-refractivity contribution >= 4 is 11.7 Å². The lowest BCUT2D eigenvalue weighted by Gasteiger charge is -2.20. The number of methoxy groups -OCH3 is 3. The van der Waals surface area contributed by atoms with Crippen LogP contribution in [0.4, 0.5) is 10.5 Å². The summed E-state index contributed by atoms with van der Waals surface area (Å²) in [5.41, 5.74) is 0.634. The molecule has 2 amide bonds. The van der Waals surface area contributed by atoms with Gasteiger partial charge in [0, 0.05) is 25.2 Å². The fourth-order valence-electron chi connectivity index (χ4n) is 2.92. The molecule has 3 rings (SSSR count). The van der Waals surface area contributed by atoms with E-state index in [4.69, 9.17) is 14.2 Å². The molecule has 1 aromatic rings. The maximum atomic E-state index is 12.2. The average Bonchev–Trinajstić information content (AvgIpc) is 3.11. The first-order valence-corrected chi connectivity index (χ1v) is 7.02. The van der Waals surface area contributed by atoms with Gasteiger partial charge in [0.2, 0.25) is 5.75 Å².